The number of hydrogen-bond acceptors (Lipinski definition) is 2. The summed E-state index contributed by atoms with van der Waals surface area (Å²) >= 11 is 0. The van der Waals surface area contributed by atoms with Gasteiger partial charge in [0, 0.05) is 5.57 Å². The molecule has 0 saturated heterocycles. The number of rotatable bonds is 4. The number of hydrogen-bond donors (Lipinski definition) is 1. The minimum absolute atomic E-state index is 0.0533. The van der Waals surface area contributed by atoms with Gasteiger partial charge < -0.3 is 5.11 Å². The lowest BCUT2D eigenvalue weighted by atomic mass is 10.2. The molecule has 0 amide bonds. The normalized spacial score (nSPS) is 11.9. The van der Waals surface area contributed by atoms with Gasteiger partial charge in [0.25, 0.3) is 0 Å². The standard InChI is InChI=1S/C8H10O2/c1-2-4-8(7-10)5-3-6-9/h2-5,7,9H,1,6H2/b5-3-,8-4+. The summed E-state index contributed by atoms with van der Waals surface area (Å²) in [6, 6.07) is 0. The van der Waals surface area contributed by atoms with Crippen molar-refractivity contribution in [1.82, 2.24) is 0 Å². The lowest BCUT2D eigenvalue weighted by Crippen LogP contribution is -1.79. The van der Waals surface area contributed by atoms with Crippen molar-refractivity contribution in [2.75, 3.05) is 6.61 Å². The van der Waals surface area contributed by atoms with Gasteiger partial charge in [0.1, 0.15) is 6.29 Å². The van der Waals surface area contributed by atoms with Crippen molar-refractivity contribution in [3.8, 4) is 0 Å². The molecule has 2 nitrogen and oxygen atoms in total. The highest BCUT2D eigenvalue weighted by Gasteiger charge is 1.82. The molecule has 0 rings (SSSR count). The van der Waals surface area contributed by atoms with Crippen molar-refractivity contribution in [3.05, 3.63) is 36.5 Å². The van der Waals surface area contributed by atoms with Crippen molar-refractivity contribution < 1.29 is 9.90 Å². The Kier molecular flexibility index (Phi) is 5.29. The molecule has 0 radical (unpaired) electrons. The Morgan fingerprint density at radius 3 is 2.70 bits per heavy atom. The third kappa shape index (κ3) is 3.80. The summed E-state index contributed by atoms with van der Waals surface area (Å²) < 4.78 is 0. The van der Waals surface area contributed by atoms with Gasteiger partial charge in [0.2, 0.25) is 0 Å². The van der Waals surface area contributed by atoms with Crippen molar-refractivity contribution in [2.24, 2.45) is 0 Å². The van der Waals surface area contributed by atoms with E-state index >= 15 is 0 Å². The number of aliphatic hydroxyl groups is 1. The van der Waals surface area contributed by atoms with Gasteiger partial charge in [-0.15, -0.1) is 0 Å². The van der Waals surface area contributed by atoms with Crippen molar-refractivity contribution in [2.45, 2.75) is 0 Å². The maximum Gasteiger partial charge on any atom is 0.150 e. The number of aliphatic hydroxyl groups excluding tert-OH is 1. The van der Waals surface area contributed by atoms with Crippen molar-refractivity contribution in [1.29, 1.82) is 0 Å². The fourth-order valence-electron chi connectivity index (χ4n) is 0.459. The van der Waals surface area contributed by atoms with E-state index in [9.17, 15) is 4.79 Å². The van der Waals surface area contributed by atoms with Crippen LogP contribution in [-0.4, -0.2) is 18.0 Å². The zero-order valence-electron chi connectivity index (χ0n) is 5.66. The van der Waals surface area contributed by atoms with Gasteiger partial charge in [0.15, 0.2) is 0 Å². The maximum atomic E-state index is 10.2. The predicted octanol–water partition coefficient (Wildman–Crippen LogP) is 0.846. The Bertz CT molecular complexity index is 166. The van der Waals surface area contributed by atoms with E-state index in [0.29, 0.717) is 11.9 Å². The van der Waals surface area contributed by atoms with E-state index in [4.69, 9.17) is 5.11 Å². The zero-order chi connectivity index (χ0) is 7.82. The first-order valence-corrected chi connectivity index (χ1v) is 2.90. The molecule has 0 aliphatic rings. The van der Waals surface area contributed by atoms with Gasteiger partial charge in [-0.05, 0) is 0 Å². The summed E-state index contributed by atoms with van der Waals surface area (Å²) in [6.45, 7) is 3.37. The molecule has 0 aromatic carbocycles. The van der Waals surface area contributed by atoms with E-state index in [1.54, 1.807) is 6.08 Å². The molecule has 0 fully saturated rings. The second-order valence-electron chi connectivity index (χ2n) is 1.61. The molecule has 0 atom stereocenters. The van der Waals surface area contributed by atoms with Gasteiger partial charge in [-0.2, -0.15) is 0 Å². The molecule has 0 saturated carbocycles. The number of carbonyl (C=O) groups excluding carboxylic acids is 1. The second-order valence-corrected chi connectivity index (χ2v) is 1.61. The van der Waals surface area contributed by atoms with E-state index in [0.717, 1.165) is 0 Å². The Morgan fingerprint density at radius 1 is 1.60 bits per heavy atom. The molecule has 1 N–H and O–H groups in total. The minimum atomic E-state index is -0.0533. The van der Waals surface area contributed by atoms with Crippen LogP contribution in [-0.2, 0) is 4.79 Å². The summed E-state index contributed by atoms with van der Waals surface area (Å²) in [7, 11) is 0. The van der Waals surface area contributed by atoms with E-state index in [-0.39, 0.29) is 6.61 Å². The van der Waals surface area contributed by atoms with Crippen LogP contribution < -0.4 is 0 Å². The first kappa shape index (κ1) is 8.85. The third-order valence-corrected chi connectivity index (χ3v) is 0.862. The summed E-state index contributed by atoms with van der Waals surface area (Å²) in [5, 5.41) is 8.32. The number of aldehydes is 1. The third-order valence-electron chi connectivity index (χ3n) is 0.862. The number of carbonyl (C=O) groups is 1. The van der Waals surface area contributed by atoms with Crippen LogP contribution in [0, 0.1) is 0 Å². The lowest BCUT2D eigenvalue weighted by molar-refractivity contribution is -0.104. The molecule has 0 spiro atoms. The van der Waals surface area contributed by atoms with Crippen LogP contribution in [0.3, 0.4) is 0 Å². The monoisotopic (exact) mass is 138 g/mol. The zero-order valence-corrected chi connectivity index (χ0v) is 5.66. The van der Waals surface area contributed by atoms with Crippen LogP contribution in [0.25, 0.3) is 0 Å². The first-order chi connectivity index (χ1) is 4.85. The fraction of sp³-hybridized carbons (Fsp3) is 0.125. The predicted molar refractivity (Wildman–Crippen MR) is 40.6 cm³/mol. The molecule has 10 heavy (non-hydrogen) atoms. The Labute approximate surface area is 60.2 Å². The van der Waals surface area contributed by atoms with E-state index < -0.39 is 0 Å². The van der Waals surface area contributed by atoms with Crippen LogP contribution >= 0.6 is 0 Å². The summed E-state index contributed by atoms with van der Waals surface area (Å²) in [5.41, 5.74) is 0.504. The minimum Gasteiger partial charge on any atom is -0.392 e. The van der Waals surface area contributed by atoms with E-state index in [1.807, 2.05) is 0 Å². The molecule has 0 aromatic heterocycles. The van der Waals surface area contributed by atoms with Gasteiger partial charge in [-0.3, -0.25) is 4.79 Å². The smallest absolute Gasteiger partial charge is 0.150 e. The highest BCUT2D eigenvalue weighted by atomic mass is 16.2. The summed E-state index contributed by atoms with van der Waals surface area (Å²) in [5.74, 6) is 0. The first-order valence-electron chi connectivity index (χ1n) is 2.90. The van der Waals surface area contributed by atoms with Gasteiger partial charge >= 0.3 is 0 Å². The average Bonchev–Trinajstić information content (AvgIpc) is 1.98. The van der Waals surface area contributed by atoms with E-state index in [2.05, 4.69) is 6.58 Å². The highest BCUT2D eigenvalue weighted by Crippen LogP contribution is 1.91. The van der Waals surface area contributed by atoms with Gasteiger partial charge in [0.05, 0.1) is 6.61 Å². The molecule has 0 aliphatic carbocycles. The van der Waals surface area contributed by atoms with Crippen molar-refractivity contribution >= 4 is 6.29 Å². The molecular weight excluding hydrogens is 128 g/mol. The van der Waals surface area contributed by atoms with Gasteiger partial charge in [-0.25, -0.2) is 0 Å². The Hall–Kier alpha value is -1.15. The molecule has 0 bridgehead atoms. The number of allylic oxidation sites excluding steroid dienone is 4. The molecule has 0 heterocycles. The molecule has 0 aromatic rings. The average molecular weight is 138 g/mol. The van der Waals surface area contributed by atoms with E-state index in [1.165, 1.54) is 18.2 Å². The lowest BCUT2D eigenvalue weighted by Gasteiger charge is -1.84. The molecule has 54 valence electrons. The maximum absolute atomic E-state index is 10.2. The quantitative estimate of drug-likeness (QED) is 0.355. The molecule has 0 unspecified atom stereocenters. The molecule has 2 heteroatoms. The Morgan fingerprint density at radius 2 is 2.30 bits per heavy atom. The molecular formula is C8H10O2. The largest absolute Gasteiger partial charge is 0.392 e. The van der Waals surface area contributed by atoms with Crippen LogP contribution in [0.4, 0.5) is 0 Å². The fourth-order valence-corrected chi connectivity index (χ4v) is 0.459. The van der Waals surface area contributed by atoms with Crippen LogP contribution in [0.2, 0.25) is 0 Å². The van der Waals surface area contributed by atoms with Gasteiger partial charge in [-0.1, -0.05) is 30.9 Å². The Balaban J connectivity index is 4.07. The second kappa shape index (κ2) is 5.98. The topological polar surface area (TPSA) is 37.3 Å². The highest BCUT2D eigenvalue weighted by molar-refractivity contribution is 5.77. The van der Waals surface area contributed by atoms with Crippen LogP contribution in [0.1, 0.15) is 0 Å². The summed E-state index contributed by atoms with van der Waals surface area (Å²) in [6.07, 6.45) is 6.82. The molecule has 0 aliphatic heterocycles. The van der Waals surface area contributed by atoms with Crippen LogP contribution in [0.5, 0.6) is 0 Å². The summed E-state index contributed by atoms with van der Waals surface area (Å²) in [4.78, 5) is 10.2. The van der Waals surface area contributed by atoms with Crippen LogP contribution in [0.15, 0.2) is 36.5 Å². The SMILES string of the molecule is C=C/C=C(C=O)\C=C/CO. The van der Waals surface area contributed by atoms with Crippen molar-refractivity contribution in [3.63, 3.8) is 0 Å².